The third-order valence-corrected chi connectivity index (χ3v) is 10.7. The molecule has 2 aromatic rings. The van der Waals surface area contributed by atoms with E-state index in [0.717, 1.165) is 4.68 Å². The third kappa shape index (κ3) is 8.86. The largest absolute Gasteiger partial charge is 0.465 e. The first-order valence-corrected chi connectivity index (χ1v) is 18.6. The summed E-state index contributed by atoms with van der Waals surface area (Å²) >= 11 is 0. The van der Waals surface area contributed by atoms with E-state index in [1.165, 1.54) is 23.1 Å². The molecule has 1 N–H and O–H groups in total. The molecule has 14 nitrogen and oxygen atoms in total. The maximum atomic E-state index is 15.2. The van der Waals surface area contributed by atoms with Crippen LogP contribution in [0, 0.1) is 23.1 Å². The molecule has 3 atom stereocenters. The monoisotopic (exact) mass is 708 g/mol. The minimum absolute atomic E-state index is 0.0162. The molecule has 1 unspecified atom stereocenters. The van der Waals surface area contributed by atoms with E-state index in [-0.39, 0.29) is 61.6 Å². The SMILES string of the molecule is CCOP(=O)(Cc1c(C(=O)N(CC(C)C)[C@H]2C[C@@H](C(=O)N3CCOCC3)CN(C(=O)O)C2C(C)(C)C)nnn1-c1ccccc1F)OCC. The van der Waals surface area contributed by atoms with Crippen molar-refractivity contribution in [1.82, 2.24) is 29.7 Å². The number of carboxylic acid groups (broad SMARTS) is 1. The van der Waals surface area contributed by atoms with Crippen LogP contribution in [0.3, 0.4) is 0 Å². The molecule has 0 spiro atoms. The van der Waals surface area contributed by atoms with Gasteiger partial charge in [0, 0.05) is 26.2 Å². The predicted octanol–water partition coefficient (Wildman–Crippen LogP) is 4.91. The van der Waals surface area contributed by atoms with Crippen molar-refractivity contribution in [1.29, 1.82) is 0 Å². The van der Waals surface area contributed by atoms with Crippen molar-refractivity contribution in [2.24, 2.45) is 17.3 Å². The number of piperidine rings is 1. The highest BCUT2D eigenvalue weighted by molar-refractivity contribution is 7.53. The standard InChI is InChI=1S/C33H50FN6O8P/c1-8-47-49(45,48-9-2)21-27-28(35-36-40(27)25-13-11-10-12-24(25)34)31(42)38(19-22(3)4)26-18-23(30(41)37-14-16-46-17-15-37)20-39(32(43)44)29(26)33(5,6)7/h10-13,22-23,26,29H,8-9,14-21H2,1-7H3,(H,43,44)/t23-,26+,29?/m1/s1. The molecular formula is C33H50FN6O8P. The lowest BCUT2D eigenvalue weighted by Crippen LogP contribution is -2.66. The third-order valence-electron chi connectivity index (χ3n) is 8.71. The average molecular weight is 709 g/mol. The summed E-state index contributed by atoms with van der Waals surface area (Å²) in [6.45, 7) is 14.7. The molecule has 4 rings (SSSR count). The normalized spacial score (nSPS) is 20.5. The molecule has 2 aliphatic rings. The number of nitrogens with zero attached hydrogens (tertiary/aromatic N) is 6. The first-order valence-electron chi connectivity index (χ1n) is 16.9. The molecule has 0 saturated carbocycles. The number of morpholine rings is 1. The van der Waals surface area contributed by atoms with Crippen LogP contribution in [0.5, 0.6) is 0 Å². The van der Waals surface area contributed by atoms with E-state index in [0.29, 0.717) is 26.3 Å². The Balaban J connectivity index is 1.87. The Labute approximate surface area is 287 Å². The number of carbonyl (C=O) groups is 3. The number of para-hydroxylation sites is 1. The number of halogens is 1. The van der Waals surface area contributed by atoms with Crippen LogP contribution in [0.4, 0.5) is 9.18 Å². The number of hydrogen-bond donors (Lipinski definition) is 1. The van der Waals surface area contributed by atoms with Crippen molar-refractivity contribution < 1.29 is 42.2 Å². The molecule has 272 valence electrons. The van der Waals surface area contributed by atoms with Gasteiger partial charge >= 0.3 is 13.7 Å². The van der Waals surface area contributed by atoms with E-state index >= 15 is 4.39 Å². The lowest BCUT2D eigenvalue weighted by molar-refractivity contribution is -0.144. The van der Waals surface area contributed by atoms with Gasteiger partial charge in [0.2, 0.25) is 5.91 Å². The first kappa shape index (κ1) is 38.4. The minimum Gasteiger partial charge on any atom is -0.465 e. The lowest BCUT2D eigenvalue weighted by atomic mass is 9.74. The van der Waals surface area contributed by atoms with Crippen LogP contribution in [0.25, 0.3) is 5.69 Å². The van der Waals surface area contributed by atoms with E-state index in [1.54, 1.807) is 29.7 Å². The van der Waals surface area contributed by atoms with Crippen LogP contribution < -0.4 is 0 Å². The Morgan fingerprint density at radius 2 is 1.76 bits per heavy atom. The molecule has 2 aliphatic heterocycles. The molecule has 49 heavy (non-hydrogen) atoms. The van der Waals surface area contributed by atoms with Gasteiger partial charge in [0.05, 0.1) is 56.3 Å². The maximum Gasteiger partial charge on any atom is 0.407 e. The molecule has 1 aromatic carbocycles. The van der Waals surface area contributed by atoms with Gasteiger partial charge in [-0.15, -0.1) is 5.10 Å². The van der Waals surface area contributed by atoms with Gasteiger partial charge in [0.1, 0.15) is 11.5 Å². The summed E-state index contributed by atoms with van der Waals surface area (Å²) in [6, 6.07) is 4.35. The highest BCUT2D eigenvalue weighted by Crippen LogP contribution is 2.52. The molecule has 0 bridgehead atoms. The molecular weight excluding hydrogens is 658 g/mol. The van der Waals surface area contributed by atoms with Crippen molar-refractivity contribution in [2.45, 2.75) is 73.1 Å². The summed E-state index contributed by atoms with van der Waals surface area (Å²) in [7, 11) is -3.87. The van der Waals surface area contributed by atoms with Gasteiger partial charge in [0.15, 0.2) is 5.69 Å². The van der Waals surface area contributed by atoms with Crippen LogP contribution in [0.15, 0.2) is 24.3 Å². The smallest absolute Gasteiger partial charge is 0.407 e. The van der Waals surface area contributed by atoms with Crippen molar-refractivity contribution in [3.8, 4) is 5.69 Å². The number of likely N-dealkylation sites (tertiary alicyclic amines) is 1. The van der Waals surface area contributed by atoms with Gasteiger partial charge in [-0.25, -0.2) is 13.9 Å². The molecule has 2 fully saturated rings. The number of ether oxygens (including phenoxy) is 1. The molecule has 0 aliphatic carbocycles. The van der Waals surface area contributed by atoms with E-state index in [1.807, 2.05) is 34.6 Å². The van der Waals surface area contributed by atoms with E-state index in [9.17, 15) is 24.1 Å². The topological polar surface area (TPSA) is 157 Å². The average Bonchev–Trinajstić information content (AvgIpc) is 3.45. The second kappa shape index (κ2) is 16.1. The number of rotatable bonds is 12. The van der Waals surface area contributed by atoms with E-state index < -0.39 is 55.0 Å². The van der Waals surface area contributed by atoms with Crippen molar-refractivity contribution >= 4 is 25.5 Å². The van der Waals surface area contributed by atoms with E-state index in [2.05, 4.69) is 10.3 Å². The van der Waals surface area contributed by atoms with Gasteiger partial charge in [-0.3, -0.25) is 14.2 Å². The Morgan fingerprint density at radius 1 is 1.12 bits per heavy atom. The van der Waals surface area contributed by atoms with Crippen LogP contribution in [-0.2, 0) is 29.3 Å². The minimum atomic E-state index is -3.87. The summed E-state index contributed by atoms with van der Waals surface area (Å²) in [5, 5.41) is 18.9. The summed E-state index contributed by atoms with van der Waals surface area (Å²) in [4.78, 5) is 46.2. The summed E-state index contributed by atoms with van der Waals surface area (Å²) in [5.41, 5.74) is -0.843. The zero-order valence-electron chi connectivity index (χ0n) is 29.5. The second-order valence-electron chi connectivity index (χ2n) is 13.9. The van der Waals surface area contributed by atoms with Gasteiger partial charge in [0.25, 0.3) is 5.91 Å². The fourth-order valence-corrected chi connectivity index (χ4v) is 8.54. The number of carbonyl (C=O) groups excluding carboxylic acids is 2. The van der Waals surface area contributed by atoms with E-state index in [4.69, 9.17) is 13.8 Å². The highest BCUT2D eigenvalue weighted by Gasteiger charge is 2.51. The zero-order chi connectivity index (χ0) is 36.1. The molecule has 3 amide bonds. The second-order valence-corrected chi connectivity index (χ2v) is 15.9. The lowest BCUT2D eigenvalue weighted by Gasteiger charge is -2.52. The molecule has 16 heteroatoms. The zero-order valence-corrected chi connectivity index (χ0v) is 30.4. The van der Waals surface area contributed by atoms with Gasteiger partial charge in [-0.2, -0.15) is 0 Å². The summed E-state index contributed by atoms with van der Waals surface area (Å²) in [5.74, 6) is -2.25. The Hall–Kier alpha value is -3.39. The number of hydrogen-bond acceptors (Lipinski definition) is 9. The molecule has 0 radical (unpaired) electrons. The Bertz CT molecular complexity index is 1510. The maximum absolute atomic E-state index is 15.2. The van der Waals surface area contributed by atoms with Crippen molar-refractivity contribution in [3.05, 3.63) is 41.5 Å². The fourth-order valence-electron chi connectivity index (χ4n) is 6.84. The summed E-state index contributed by atoms with van der Waals surface area (Å²) < 4.78 is 46.8. The number of amides is 3. The molecule has 3 heterocycles. The van der Waals surface area contributed by atoms with Crippen LogP contribution >= 0.6 is 7.60 Å². The summed E-state index contributed by atoms with van der Waals surface area (Å²) in [6.07, 6.45) is -1.42. The quantitative estimate of drug-likeness (QED) is 0.301. The Kier molecular flexibility index (Phi) is 12.6. The van der Waals surface area contributed by atoms with Gasteiger partial charge in [-0.05, 0) is 43.7 Å². The van der Waals surface area contributed by atoms with Crippen LogP contribution in [0.2, 0.25) is 0 Å². The number of benzene rings is 1. The van der Waals surface area contributed by atoms with Gasteiger partial charge < -0.3 is 33.6 Å². The van der Waals surface area contributed by atoms with Crippen molar-refractivity contribution in [2.75, 3.05) is 52.6 Å². The fraction of sp³-hybridized carbons (Fsp3) is 0.667. The first-order chi connectivity index (χ1) is 23.1. The van der Waals surface area contributed by atoms with Crippen LogP contribution in [-0.4, -0.2) is 117 Å². The molecule has 2 saturated heterocycles. The van der Waals surface area contributed by atoms with Crippen LogP contribution in [0.1, 0.15) is 71.1 Å². The highest BCUT2D eigenvalue weighted by atomic mass is 31.2. The van der Waals surface area contributed by atoms with Gasteiger partial charge in [-0.1, -0.05) is 52.0 Å². The Morgan fingerprint density at radius 3 is 2.31 bits per heavy atom. The molecule has 1 aromatic heterocycles. The predicted molar refractivity (Wildman–Crippen MR) is 179 cm³/mol. The number of aromatic nitrogens is 3. The van der Waals surface area contributed by atoms with Crippen molar-refractivity contribution in [3.63, 3.8) is 0 Å².